The van der Waals surface area contributed by atoms with Gasteiger partial charge in [0.25, 0.3) is 5.88 Å². The standard InChI is InChI=1S/C20H26N2O2/c1-23-20-19(24-13-12-16-8-4-2-5-9-16)14-18(15-21-20)22-17-10-6-3-7-11-17/h2,4-5,8-9,14-15,17,22H,3,6-7,10-13H2,1H3. The molecule has 2 aromatic rings. The molecule has 1 aliphatic rings. The summed E-state index contributed by atoms with van der Waals surface area (Å²) in [6, 6.07) is 12.9. The number of aromatic nitrogens is 1. The maximum absolute atomic E-state index is 5.93. The number of nitrogens with one attached hydrogen (secondary N) is 1. The minimum atomic E-state index is 0.539. The summed E-state index contributed by atoms with van der Waals surface area (Å²) in [5.74, 6) is 1.24. The number of nitrogens with zero attached hydrogens (tertiary/aromatic N) is 1. The number of hydrogen-bond acceptors (Lipinski definition) is 4. The Balaban J connectivity index is 1.60. The Morgan fingerprint density at radius 2 is 1.92 bits per heavy atom. The summed E-state index contributed by atoms with van der Waals surface area (Å²) < 4.78 is 11.3. The van der Waals surface area contributed by atoms with E-state index in [1.165, 1.54) is 37.7 Å². The molecule has 1 aromatic carbocycles. The van der Waals surface area contributed by atoms with E-state index in [1.807, 2.05) is 30.5 Å². The fourth-order valence-electron chi connectivity index (χ4n) is 3.17. The van der Waals surface area contributed by atoms with Crippen molar-refractivity contribution < 1.29 is 9.47 Å². The van der Waals surface area contributed by atoms with Crippen molar-refractivity contribution in [1.82, 2.24) is 4.98 Å². The van der Waals surface area contributed by atoms with Crippen LogP contribution in [-0.2, 0) is 6.42 Å². The van der Waals surface area contributed by atoms with Crippen molar-refractivity contribution in [3.8, 4) is 11.6 Å². The van der Waals surface area contributed by atoms with Crippen LogP contribution in [0.5, 0.6) is 11.6 Å². The Hall–Kier alpha value is -2.23. The third kappa shape index (κ3) is 4.63. The number of pyridine rings is 1. The van der Waals surface area contributed by atoms with E-state index >= 15 is 0 Å². The molecule has 1 fully saturated rings. The van der Waals surface area contributed by atoms with Crippen LogP contribution >= 0.6 is 0 Å². The zero-order chi connectivity index (χ0) is 16.6. The maximum Gasteiger partial charge on any atom is 0.256 e. The summed E-state index contributed by atoms with van der Waals surface area (Å²) in [4.78, 5) is 4.38. The molecular weight excluding hydrogens is 300 g/mol. The fourth-order valence-corrected chi connectivity index (χ4v) is 3.17. The van der Waals surface area contributed by atoms with Gasteiger partial charge in [0.2, 0.25) is 0 Å². The third-order valence-corrected chi connectivity index (χ3v) is 4.48. The number of ether oxygens (including phenoxy) is 2. The van der Waals surface area contributed by atoms with Crippen LogP contribution in [0.15, 0.2) is 42.6 Å². The van der Waals surface area contributed by atoms with Crippen molar-refractivity contribution in [2.45, 2.75) is 44.6 Å². The van der Waals surface area contributed by atoms with Crippen LogP contribution in [0.2, 0.25) is 0 Å². The number of anilines is 1. The van der Waals surface area contributed by atoms with Crippen LogP contribution in [0.1, 0.15) is 37.7 Å². The van der Waals surface area contributed by atoms with Crippen molar-refractivity contribution in [2.75, 3.05) is 19.0 Å². The molecule has 0 aliphatic heterocycles. The molecular formula is C20H26N2O2. The lowest BCUT2D eigenvalue weighted by Crippen LogP contribution is -2.22. The predicted octanol–water partition coefficient (Wildman–Crippen LogP) is 4.46. The first-order valence-corrected chi connectivity index (χ1v) is 8.82. The SMILES string of the molecule is COc1ncc(NC2CCCCC2)cc1OCCc1ccccc1. The Bertz CT molecular complexity index is 625. The molecule has 0 amide bonds. The molecule has 0 spiro atoms. The van der Waals surface area contributed by atoms with Gasteiger partial charge < -0.3 is 14.8 Å². The smallest absolute Gasteiger partial charge is 0.256 e. The molecule has 0 bridgehead atoms. The maximum atomic E-state index is 5.93. The van der Waals surface area contributed by atoms with E-state index in [0.717, 1.165) is 12.1 Å². The van der Waals surface area contributed by atoms with Crippen molar-refractivity contribution in [2.24, 2.45) is 0 Å². The van der Waals surface area contributed by atoms with Gasteiger partial charge in [0.05, 0.1) is 25.6 Å². The van der Waals surface area contributed by atoms with Crippen LogP contribution in [-0.4, -0.2) is 24.7 Å². The van der Waals surface area contributed by atoms with Gasteiger partial charge in [0.1, 0.15) is 0 Å². The molecule has 3 rings (SSSR count). The van der Waals surface area contributed by atoms with Crippen LogP contribution in [0.4, 0.5) is 5.69 Å². The van der Waals surface area contributed by atoms with Gasteiger partial charge in [-0.1, -0.05) is 49.6 Å². The van der Waals surface area contributed by atoms with Gasteiger partial charge in [-0.25, -0.2) is 4.98 Å². The molecule has 1 N–H and O–H groups in total. The Kier molecular flexibility index (Phi) is 5.94. The van der Waals surface area contributed by atoms with Crippen molar-refractivity contribution >= 4 is 5.69 Å². The van der Waals surface area contributed by atoms with Gasteiger partial charge in [-0.3, -0.25) is 0 Å². The first kappa shape index (κ1) is 16.6. The van der Waals surface area contributed by atoms with E-state index in [1.54, 1.807) is 7.11 Å². The molecule has 1 aliphatic carbocycles. The number of benzene rings is 1. The van der Waals surface area contributed by atoms with E-state index in [4.69, 9.17) is 9.47 Å². The van der Waals surface area contributed by atoms with Gasteiger partial charge in [-0.2, -0.15) is 0 Å². The summed E-state index contributed by atoms with van der Waals surface area (Å²) in [5, 5.41) is 3.58. The predicted molar refractivity (Wildman–Crippen MR) is 96.9 cm³/mol. The summed E-state index contributed by atoms with van der Waals surface area (Å²) in [6.45, 7) is 0.606. The zero-order valence-electron chi connectivity index (χ0n) is 14.3. The molecule has 24 heavy (non-hydrogen) atoms. The average Bonchev–Trinajstić information content (AvgIpc) is 2.64. The van der Waals surface area contributed by atoms with Gasteiger partial charge in [0.15, 0.2) is 5.75 Å². The lowest BCUT2D eigenvalue weighted by molar-refractivity contribution is 0.292. The highest BCUT2D eigenvalue weighted by atomic mass is 16.5. The molecule has 1 aromatic heterocycles. The van der Waals surface area contributed by atoms with Crippen molar-refractivity contribution in [3.05, 3.63) is 48.2 Å². The second kappa shape index (κ2) is 8.57. The highest BCUT2D eigenvalue weighted by Crippen LogP contribution is 2.29. The van der Waals surface area contributed by atoms with E-state index < -0.39 is 0 Å². The molecule has 0 atom stereocenters. The van der Waals surface area contributed by atoms with E-state index in [0.29, 0.717) is 24.3 Å². The number of methoxy groups -OCH3 is 1. The van der Waals surface area contributed by atoms with Gasteiger partial charge in [-0.15, -0.1) is 0 Å². The molecule has 0 saturated heterocycles. The van der Waals surface area contributed by atoms with Crippen molar-refractivity contribution in [3.63, 3.8) is 0 Å². The van der Waals surface area contributed by atoms with Crippen LogP contribution in [0, 0.1) is 0 Å². The van der Waals surface area contributed by atoms with Gasteiger partial charge in [0, 0.05) is 18.5 Å². The quantitative estimate of drug-likeness (QED) is 0.816. The third-order valence-electron chi connectivity index (χ3n) is 4.48. The average molecular weight is 326 g/mol. The molecule has 1 heterocycles. The summed E-state index contributed by atoms with van der Waals surface area (Å²) in [5.41, 5.74) is 2.28. The van der Waals surface area contributed by atoms with Gasteiger partial charge in [-0.05, 0) is 18.4 Å². The molecule has 0 radical (unpaired) electrons. The number of hydrogen-bond donors (Lipinski definition) is 1. The highest BCUT2D eigenvalue weighted by molar-refractivity contribution is 5.50. The Labute approximate surface area is 144 Å². The lowest BCUT2D eigenvalue weighted by atomic mass is 9.95. The largest absolute Gasteiger partial charge is 0.488 e. The summed E-state index contributed by atoms with van der Waals surface area (Å²) in [7, 11) is 1.63. The molecule has 4 heteroatoms. The molecule has 4 nitrogen and oxygen atoms in total. The highest BCUT2D eigenvalue weighted by Gasteiger charge is 2.14. The molecule has 1 saturated carbocycles. The monoisotopic (exact) mass is 326 g/mol. The summed E-state index contributed by atoms with van der Waals surface area (Å²) >= 11 is 0. The normalized spacial score (nSPS) is 15.0. The minimum absolute atomic E-state index is 0.539. The Morgan fingerprint density at radius 3 is 2.67 bits per heavy atom. The van der Waals surface area contributed by atoms with E-state index in [2.05, 4.69) is 22.4 Å². The van der Waals surface area contributed by atoms with Crippen LogP contribution in [0.25, 0.3) is 0 Å². The molecule has 128 valence electrons. The lowest BCUT2D eigenvalue weighted by Gasteiger charge is -2.24. The van der Waals surface area contributed by atoms with Gasteiger partial charge >= 0.3 is 0 Å². The van der Waals surface area contributed by atoms with Crippen molar-refractivity contribution in [1.29, 1.82) is 0 Å². The minimum Gasteiger partial charge on any atom is -0.488 e. The topological polar surface area (TPSA) is 43.4 Å². The number of rotatable bonds is 7. The van der Waals surface area contributed by atoms with Crippen LogP contribution in [0.3, 0.4) is 0 Å². The second-order valence-electron chi connectivity index (χ2n) is 6.29. The fraction of sp³-hybridized carbons (Fsp3) is 0.450. The van der Waals surface area contributed by atoms with E-state index in [9.17, 15) is 0 Å². The Morgan fingerprint density at radius 1 is 1.12 bits per heavy atom. The first-order chi connectivity index (χ1) is 11.8. The summed E-state index contributed by atoms with van der Waals surface area (Å²) in [6.07, 6.45) is 9.13. The zero-order valence-corrected chi connectivity index (χ0v) is 14.3. The van der Waals surface area contributed by atoms with E-state index in [-0.39, 0.29) is 0 Å². The van der Waals surface area contributed by atoms with Crippen LogP contribution < -0.4 is 14.8 Å². The first-order valence-electron chi connectivity index (χ1n) is 8.82. The molecule has 0 unspecified atom stereocenters. The second-order valence-corrected chi connectivity index (χ2v) is 6.29.